The molecule has 3 aromatic carbocycles. The smallest absolute Gasteiger partial charge is 0.353 e. The van der Waals surface area contributed by atoms with E-state index in [1.54, 1.807) is 6.07 Å². The van der Waals surface area contributed by atoms with E-state index < -0.39 is 5.97 Å². The minimum Gasteiger partial charge on any atom is -0.477 e. The van der Waals surface area contributed by atoms with Crippen LogP contribution in [0.2, 0.25) is 0 Å². The number of benzene rings is 3. The molecule has 5 rings (SSSR count). The number of carboxylic acid groups (broad SMARTS) is 1. The molecule has 0 fully saturated rings. The van der Waals surface area contributed by atoms with Gasteiger partial charge in [0.2, 0.25) is 0 Å². The Morgan fingerprint density at radius 2 is 1.63 bits per heavy atom. The Kier molecular flexibility index (Phi) is 4.41. The van der Waals surface area contributed by atoms with Crippen LogP contribution in [0.4, 0.5) is 0 Å². The lowest BCUT2D eigenvalue weighted by molar-refractivity contribution is 0.0690. The monoisotopic (exact) mass is 393 g/mol. The van der Waals surface area contributed by atoms with E-state index in [9.17, 15) is 9.90 Å². The average molecular weight is 393 g/mol. The van der Waals surface area contributed by atoms with Gasteiger partial charge in [0.05, 0.1) is 5.69 Å². The van der Waals surface area contributed by atoms with Crippen molar-refractivity contribution >= 4 is 16.7 Å². The molecule has 2 heterocycles. The fourth-order valence-corrected chi connectivity index (χ4v) is 3.85. The van der Waals surface area contributed by atoms with Crippen LogP contribution < -0.4 is 0 Å². The second kappa shape index (κ2) is 7.37. The molecule has 0 unspecified atom stereocenters. The lowest BCUT2D eigenvalue weighted by Crippen LogP contribution is -1.97. The first kappa shape index (κ1) is 17.9. The number of aromatic amines is 1. The topological polar surface area (TPSA) is 70.9 Å². The molecule has 5 nitrogen and oxygen atoms in total. The number of hydrogen-bond acceptors (Lipinski definition) is 2. The van der Waals surface area contributed by atoms with Crippen LogP contribution >= 0.6 is 0 Å². The summed E-state index contributed by atoms with van der Waals surface area (Å²) < 4.78 is 2.13. The zero-order valence-corrected chi connectivity index (χ0v) is 16.1. The van der Waals surface area contributed by atoms with Gasteiger partial charge in [0, 0.05) is 30.1 Å². The van der Waals surface area contributed by atoms with Gasteiger partial charge < -0.3 is 9.67 Å². The summed E-state index contributed by atoms with van der Waals surface area (Å²) in [4.78, 5) is 11.3. The number of carboxylic acids is 1. The van der Waals surface area contributed by atoms with Gasteiger partial charge in [-0.1, -0.05) is 72.8 Å². The Morgan fingerprint density at radius 1 is 0.900 bits per heavy atom. The van der Waals surface area contributed by atoms with Crippen LogP contribution in [-0.2, 0) is 6.54 Å². The average Bonchev–Trinajstić information content (AvgIpc) is 3.42. The van der Waals surface area contributed by atoms with Crippen molar-refractivity contribution in [1.29, 1.82) is 0 Å². The normalized spacial score (nSPS) is 11.1. The first-order chi connectivity index (χ1) is 14.7. The summed E-state index contributed by atoms with van der Waals surface area (Å²) in [6.45, 7) is 0.706. The van der Waals surface area contributed by atoms with E-state index in [0.717, 1.165) is 16.7 Å². The van der Waals surface area contributed by atoms with Crippen LogP contribution in [0, 0.1) is 0 Å². The Labute approximate surface area is 173 Å². The van der Waals surface area contributed by atoms with Gasteiger partial charge in [-0.2, -0.15) is 5.10 Å². The van der Waals surface area contributed by atoms with E-state index in [-0.39, 0.29) is 5.69 Å². The molecule has 5 aromatic rings. The van der Waals surface area contributed by atoms with Crippen LogP contribution in [-0.4, -0.2) is 25.8 Å². The van der Waals surface area contributed by atoms with Crippen molar-refractivity contribution in [2.75, 3.05) is 0 Å². The van der Waals surface area contributed by atoms with E-state index in [4.69, 9.17) is 0 Å². The highest BCUT2D eigenvalue weighted by Crippen LogP contribution is 2.33. The number of hydrogen-bond donors (Lipinski definition) is 2. The third-order valence-electron chi connectivity index (χ3n) is 5.28. The van der Waals surface area contributed by atoms with Crippen LogP contribution in [0.25, 0.3) is 33.2 Å². The van der Waals surface area contributed by atoms with Crippen molar-refractivity contribution in [3.05, 3.63) is 103 Å². The molecule has 0 spiro atoms. The van der Waals surface area contributed by atoms with Crippen LogP contribution in [0.1, 0.15) is 16.1 Å². The minimum absolute atomic E-state index is 0.0748. The number of fused-ring (bicyclic) bond motifs is 1. The number of nitrogens with zero attached hydrogens (tertiary/aromatic N) is 2. The third kappa shape index (κ3) is 3.26. The number of carbonyl (C=O) groups is 1. The van der Waals surface area contributed by atoms with Crippen molar-refractivity contribution in [2.24, 2.45) is 0 Å². The maximum absolute atomic E-state index is 11.3. The molecule has 0 saturated heterocycles. The van der Waals surface area contributed by atoms with Gasteiger partial charge in [-0.15, -0.1) is 0 Å². The quantitative estimate of drug-likeness (QED) is 0.417. The first-order valence-corrected chi connectivity index (χ1v) is 9.70. The second-order valence-electron chi connectivity index (χ2n) is 7.23. The Morgan fingerprint density at radius 3 is 2.43 bits per heavy atom. The van der Waals surface area contributed by atoms with Crippen molar-refractivity contribution < 1.29 is 9.90 Å². The predicted octanol–water partition coefficient (Wildman–Crippen LogP) is 5.44. The highest BCUT2D eigenvalue weighted by atomic mass is 16.4. The Balaban J connectivity index is 1.61. The van der Waals surface area contributed by atoms with Crippen LogP contribution in [0.15, 0.2) is 91.3 Å². The lowest BCUT2D eigenvalue weighted by Gasteiger charge is -2.07. The summed E-state index contributed by atoms with van der Waals surface area (Å²) >= 11 is 0. The van der Waals surface area contributed by atoms with Gasteiger partial charge in [-0.3, -0.25) is 5.10 Å². The number of H-pyrrole nitrogens is 1. The molecule has 5 heteroatoms. The zero-order chi connectivity index (χ0) is 20.5. The molecule has 0 aliphatic carbocycles. The SMILES string of the molecule is O=C(O)c1cc(-c2cn(Cc3cccc4ccccc34)cc2-c2ccccc2)n[nH]1. The zero-order valence-electron chi connectivity index (χ0n) is 16.1. The van der Waals surface area contributed by atoms with E-state index in [1.807, 2.05) is 42.6 Å². The molecule has 0 atom stereocenters. The van der Waals surface area contributed by atoms with Gasteiger partial charge in [0.25, 0.3) is 0 Å². The second-order valence-corrected chi connectivity index (χ2v) is 7.23. The fraction of sp³-hybridized carbons (Fsp3) is 0.0400. The summed E-state index contributed by atoms with van der Waals surface area (Å²) in [5.41, 5.74) is 4.88. The van der Waals surface area contributed by atoms with E-state index in [1.165, 1.54) is 16.3 Å². The summed E-state index contributed by atoms with van der Waals surface area (Å²) in [5, 5.41) is 18.5. The summed E-state index contributed by atoms with van der Waals surface area (Å²) in [5.74, 6) is -1.02. The van der Waals surface area contributed by atoms with Crippen molar-refractivity contribution in [2.45, 2.75) is 6.54 Å². The van der Waals surface area contributed by atoms with Crippen molar-refractivity contribution in [3.8, 4) is 22.4 Å². The maximum atomic E-state index is 11.3. The molecule has 0 radical (unpaired) electrons. The van der Waals surface area contributed by atoms with Gasteiger partial charge in [-0.05, 0) is 28.0 Å². The highest BCUT2D eigenvalue weighted by molar-refractivity contribution is 5.89. The van der Waals surface area contributed by atoms with Gasteiger partial charge >= 0.3 is 5.97 Å². The van der Waals surface area contributed by atoms with Crippen LogP contribution in [0.5, 0.6) is 0 Å². The van der Waals surface area contributed by atoms with Gasteiger partial charge in [0.1, 0.15) is 5.69 Å². The molecular weight excluding hydrogens is 374 g/mol. The predicted molar refractivity (Wildman–Crippen MR) is 117 cm³/mol. The highest BCUT2D eigenvalue weighted by Gasteiger charge is 2.16. The summed E-state index contributed by atoms with van der Waals surface area (Å²) in [6.07, 6.45) is 4.13. The van der Waals surface area contributed by atoms with Crippen molar-refractivity contribution in [1.82, 2.24) is 14.8 Å². The molecule has 2 aromatic heterocycles. The molecule has 0 amide bonds. The molecule has 146 valence electrons. The van der Waals surface area contributed by atoms with Crippen molar-refractivity contribution in [3.63, 3.8) is 0 Å². The molecule has 30 heavy (non-hydrogen) atoms. The number of aromatic nitrogens is 3. The molecular formula is C25H19N3O2. The number of aromatic carboxylic acids is 1. The minimum atomic E-state index is -1.02. The van der Waals surface area contributed by atoms with E-state index in [2.05, 4.69) is 57.4 Å². The number of rotatable bonds is 5. The Bertz CT molecular complexity index is 1340. The molecule has 2 N–H and O–H groups in total. The molecule has 0 saturated carbocycles. The fourth-order valence-electron chi connectivity index (χ4n) is 3.85. The molecule has 0 aliphatic rings. The van der Waals surface area contributed by atoms with E-state index >= 15 is 0 Å². The Hall–Kier alpha value is -4.12. The summed E-state index contributed by atoms with van der Waals surface area (Å²) in [7, 11) is 0. The molecule has 0 aliphatic heterocycles. The lowest BCUT2D eigenvalue weighted by atomic mass is 10.0. The number of nitrogens with one attached hydrogen (secondary N) is 1. The summed E-state index contributed by atoms with van der Waals surface area (Å²) in [6, 6.07) is 26.3. The maximum Gasteiger partial charge on any atom is 0.353 e. The van der Waals surface area contributed by atoms with Crippen LogP contribution in [0.3, 0.4) is 0 Å². The first-order valence-electron chi connectivity index (χ1n) is 9.70. The van der Waals surface area contributed by atoms with Gasteiger partial charge in [-0.25, -0.2) is 4.79 Å². The third-order valence-corrected chi connectivity index (χ3v) is 5.28. The van der Waals surface area contributed by atoms with Gasteiger partial charge in [0.15, 0.2) is 0 Å². The molecule has 0 bridgehead atoms. The standard InChI is InChI=1S/C25H19N3O2/c29-25(30)24-13-23(26-27-24)22-16-28(15-21(22)18-7-2-1-3-8-18)14-19-11-6-10-17-9-4-5-12-20(17)19/h1-13,15-16H,14H2,(H,26,27)(H,29,30). The van der Waals surface area contributed by atoms with E-state index in [0.29, 0.717) is 12.2 Å². The largest absolute Gasteiger partial charge is 0.477 e.